The van der Waals surface area contributed by atoms with E-state index in [1.165, 1.54) is 0 Å². The fourth-order valence-electron chi connectivity index (χ4n) is 3.65. The van der Waals surface area contributed by atoms with E-state index in [9.17, 15) is 19.1 Å². The molecule has 0 saturated heterocycles. The van der Waals surface area contributed by atoms with Gasteiger partial charge >= 0.3 is 7.60 Å². The summed E-state index contributed by atoms with van der Waals surface area (Å²) < 4.78 is 17.7. The summed E-state index contributed by atoms with van der Waals surface area (Å²) in [6.45, 7) is 12.1. The highest BCUT2D eigenvalue weighted by Gasteiger charge is 2.29. The number of ketones is 1. The van der Waals surface area contributed by atoms with E-state index in [4.69, 9.17) is 4.12 Å². The van der Waals surface area contributed by atoms with Crippen LogP contribution in [0.2, 0.25) is 19.1 Å². The Morgan fingerprint density at radius 1 is 1.04 bits per heavy atom. The van der Waals surface area contributed by atoms with Crippen molar-refractivity contribution in [3.63, 3.8) is 0 Å². The van der Waals surface area contributed by atoms with Crippen molar-refractivity contribution in [2.45, 2.75) is 77.9 Å². The molecule has 0 aliphatic rings. The first-order chi connectivity index (χ1) is 12.5. The molecular formula is C18H40NO5PSi2+. The van der Waals surface area contributed by atoms with Crippen LogP contribution in [0.15, 0.2) is 0 Å². The monoisotopic (exact) mass is 437 g/mol. The molecule has 0 spiro atoms. The van der Waals surface area contributed by atoms with E-state index in [2.05, 4.69) is 30.5 Å². The molecule has 0 saturated carbocycles. The topological polar surface area (TPSA) is 83.8 Å². The van der Waals surface area contributed by atoms with Crippen molar-refractivity contribution in [3.05, 3.63) is 0 Å². The average molecular weight is 438 g/mol. The number of carbonyl (C=O) groups excluding carboxylic acids is 1. The summed E-state index contributed by atoms with van der Waals surface area (Å²) in [6, 6.07) is 1.06. The van der Waals surface area contributed by atoms with Crippen LogP contribution in [0.3, 0.4) is 0 Å². The maximum atomic E-state index is 11.3. The first-order valence-corrected chi connectivity index (χ1v) is 15.5. The molecule has 1 atom stereocenters. The summed E-state index contributed by atoms with van der Waals surface area (Å²) in [7, 11) is -2.41. The van der Waals surface area contributed by atoms with Gasteiger partial charge in [0.2, 0.25) is 10.5 Å². The second-order valence-corrected chi connectivity index (χ2v) is 15.1. The smallest absolute Gasteiger partial charge is 0.325 e. The van der Waals surface area contributed by atoms with Gasteiger partial charge in [0.25, 0.3) is 0 Å². The lowest BCUT2D eigenvalue weighted by atomic mass is 10.1. The van der Waals surface area contributed by atoms with Crippen LogP contribution in [0.1, 0.15) is 58.8 Å². The molecule has 6 nitrogen and oxygen atoms in total. The molecule has 27 heavy (non-hydrogen) atoms. The molecule has 0 aliphatic heterocycles. The number of Topliss-reactive ketones (excluding diaryl/α,β-unsaturated/α-hetero) is 1. The zero-order chi connectivity index (χ0) is 21.0. The van der Waals surface area contributed by atoms with Crippen LogP contribution in [0.5, 0.6) is 0 Å². The molecule has 0 amide bonds. The van der Waals surface area contributed by atoms with Crippen molar-refractivity contribution in [1.82, 2.24) is 0 Å². The predicted octanol–water partition coefficient (Wildman–Crippen LogP) is 3.63. The maximum Gasteiger partial charge on any atom is 0.325 e. The largest absolute Gasteiger partial charge is 0.457 e. The van der Waals surface area contributed by atoms with Gasteiger partial charge in [-0.05, 0) is 58.2 Å². The van der Waals surface area contributed by atoms with Gasteiger partial charge < -0.3 is 23.2 Å². The zero-order valence-corrected chi connectivity index (χ0v) is 20.6. The molecule has 0 fully saturated rings. The summed E-state index contributed by atoms with van der Waals surface area (Å²) in [5, 5.41) is 0. The van der Waals surface area contributed by atoms with Crippen molar-refractivity contribution >= 4 is 32.2 Å². The molecule has 0 rings (SSSR count). The van der Waals surface area contributed by atoms with Gasteiger partial charge in [-0.1, -0.05) is 6.92 Å². The third-order valence-electron chi connectivity index (χ3n) is 5.13. The summed E-state index contributed by atoms with van der Waals surface area (Å²) >= 11 is 0. The SMILES string of the molecule is CCC[N+](CCCCCC(C)=O)(CCC[Si](C)(C)O[Si])CCCP(=O)(O)O. The van der Waals surface area contributed by atoms with Gasteiger partial charge in [-0.2, -0.15) is 0 Å². The van der Waals surface area contributed by atoms with Gasteiger partial charge in [0.1, 0.15) is 5.78 Å². The zero-order valence-electron chi connectivity index (χ0n) is 17.7. The number of hydrogen-bond donors (Lipinski definition) is 2. The molecule has 0 aromatic rings. The third-order valence-corrected chi connectivity index (χ3v) is 9.80. The molecular weight excluding hydrogens is 397 g/mol. The van der Waals surface area contributed by atoms with Crippen LogP contribution in [0, 0.1) is 0 Å². The summed E-state index contributed by atoms with van der Waals surface area (Å²) in [4.78, 5) is 29.5. The Bertz CT molecular complexity index is 473. The van der Waals surface area contributed by atoms with E-state index < -0.39 is 15.9 Å². The van der Waals surface area contributed by atoms with Crippen LogP contribution in [-0.4, -0.2) is 71.2 Å². The average Bonchev–Trinajstić information content (AvgIpc) is 2.53. The van der Waals surface area contributed by atoms with Gasteiger partial charge in [0.15, 0.2) is 8.32 Å². The normalized spacial score (nSPS) is 14.9. The van der Waals surface area contributed by atoms with Gasteiger partial charge in [0, 0.05) is 12.8 Å². The Labute approximate surface area is 170 Å². The van der Waals surface area contributed by atoms with E-state index >= 15 is 0 Å². The fourth-order valence-corrected chi connectivity index (χ4v) is 5.62. The predicted molar refractivity (Wildman–Crippen MR) is 114 cm³/mol. The van der Waals surface area contributed by atoms with Crippen molar-refractivity contribution in [2.75, 3.05) is 32.3 Å². The molecule has 2 N–H and O–H groups in total. The van der Waals surface area contributed by atoms with E-state index in [-0.39, 0.29) is 11.9 Å². The second-order valence-electron chi connectivity index (χ2n) is 8.46. The molecule has 0 aliphatic carbocycles. The number of quaternary nitrogens is 1. The number of carbonyl (C=O) groups is 1. The van der Waals surface area contributed by atoms with Crippen molar-refractivity contribution in [3.8, 4) is 0 Å². The Hall–Kier alpha value is 0.174. The second kappa shape index (κ2) is 13.4. The molecule has 0 aromatic carbocycles. The van der Waals surface area contributed by atoms with Gasteiger partial charge in [0.05, 0.1) is 32.3 Å². The number of unbranched alkanes of at least 4 members (excludes halogenated alkanes) is 2. The highest BCUT2D eigenvalue weighted by atomic mass is 31.2. The number of nitrogens with zero attached hydrogens (tertiary/aromatic N) is 1. The molecule has 159 valence electrons. The van der Waals surface area contributed by atoms with Gasteiger partial charge in [-0.3, -0.25) is 4.57 Å². The van der Waals surface area contributed by atoms with Crippen molar-refractivity contribution < 1.29 is 27.7 Å². The lowest BCUT2D eigenvalue weighted by Crippen LogP contribution is -2.51. The van der Waals surface area contributed by atoms with E-state index in [1.807, 2.05) is 0 Å². The van der Waals surface area contributed by atoms with Crippen LogP contribution in [0.4, 0.5) is 0 Å². The molecule has 0 bridgehead atoms. The first kappa shape index (κ1) is 27.2. The first-order valence-electron chi connectivity index (χ1n) is 10.2. The summed E-state index contributed by atoms with van der Waals surface area (Å²) in [5.41, 5.74) is 0. The standard InChI is InChI=1S/C18H39NO5PSi2/c1-5-12-19(14-9-16-25(21,22)23,13-8-6-7-11-18(2)20)15-10-17-27(3,4)24-26/h5-17H2,1-4H3,(H-,21,22,23)/p+1. The number of hydrogen-bond acceptors (Lipinski definition) is 3. The van der Waals surface area contributed by atoms with E-state index in [1.54, 1.807) is 6.92 Å². The Balaban J connectivity index is 4.85. The lowest BCUT2D eigenvalue weighted by Gasteiger charge is -2.40. The van der Waals surface area contributed by atoms with Gasteiger partial charge in [-0.15, -0.1) is 0 Å². The van der Waals surface area contributed by atoms with Crippen molar-refractivity contribution in [1.29, 1.82) is 0 Å². The van der Waals surface area contributed by atoms with E-state index in [0.717, 1.165) is 68.8 Å². The van der Waals surface area contributed by atoms with Crippen LogP contribution >= 0.6 is 7.60 Å². The molecule has 0 heterocycles. The van der Waals surface area contributed by atoms with Gasteiger partial charge in [-0.25, -0.2) is 0 Å². The fraction of sp³-hybridized carbons (Fsp3) is 0.944. The van der Waals surface area contributed by atoms with Crippen LogP contribution in [-0.2, 0) is 13.5 Å². The minimum Gasteiger partial charge on any atom is -0.457 e. The Morgan fingerprint density at radius 3 is 2.15 bits per heavy atom. The van der Waals surface area contributed by atoms with Crippen molar-refractivity contribution in [2.24, 2.45) is 0 Å². The number of rotatable bonds is 17. The maximum absolute atomic E-state index is 11.3. The lowest BCUT2D eigenvalue weighted by molar-refractivity contribution is -0.928. The molecule has 1 unspecified atom stereocenters. The van der Waals surface area contributed by atoms with E-state index in [0.29, 0.717) is 12.8 Å². The molecule has 9 heteroatoms. The minimum absolute atomic E-state index is 0.0362. The Morgan fingerprint density at radius 2 is 1.63 bits per heavy atom. The quantitative estimate of drug-likeness (QED) is 0.157. The Kier molecular flexibility index (Phi) is 13.5. The summed E-state index contributed by atoms with van der Waals surface area (Å²) in [5.74, 6) is 0.243. The summed E-state index contributed by atoms with van der Waals surface area (Å²) in [6.07, 6.45) is 6.30. The third kappa shape index (κ3) is 14.8. The highest BCUT2D eigenvalue weighted by molar-refractivity contribution is 7.51. The minimum atomic E-state index is -3.94. The van der Waals surface area contributed by atoms with Crippen LogP contribution < -0.4 is 0 Å². The van der Waals surface area contributed by atoms with Crippen LogP contribution in [0.25, 0.3) is 0 Å². The molecule has 3 radical (unpaired) electrons. The molecule has 0 aromatic heterocycles. The highest BCUT2D eigenvalue weighted by Crippen LogP contribution is 2.35.